The molecule has 2 aromatic rings. The zero-order chi connectivity index (χ0) is 20.1. The van der Waals surface area contributed by atoms with Crippen LogP contribution in [0.2, 0.25) is 0 Å². The molecule has 1 atom stereocenters. The molecule has 3 rings (SSSR count). The second-order valence-corrected chi connectivity index (χ2v) is 7.73. The molecule has 1 unspecified atom stereocenters. The maximum Gasteiger partial charge on any atom is 0.256 e. The minimum absolute atomic E-state index is 0.00577. The Labute approximate surface area is 167 Å². The van der Waals surface area contributed by atoms with E-state index in [4.69, 9.17) is 0 Å². The summed E-state index contributed by atoms with van der Waals surface area (Å²) in [5.41, 5.74) is 1.64. The minimum Gasteiger partial charge on any atom is -0.360 e. The van der Waals surface area contributed by atoms with Crippen LogP contribution in [0.25, 0.3) is 10.9 Å². The van der Waals surface area contributed by atoms with Gasteiger partial charge in [0.15, 0.2) is 0 Å². The van der Waals surface area contributed by atoms with E-state index in [0.29, 0.717) is 18.7 Å². The summed E-state index contributed by atoms with van der Waals surface area (Å²) in [6.45, 7) is 10.6. The number of benzene rings is 1. The Hall–Kier alpha value is -2.34. The first-order valence-electron chi connectivity index (χ1n) is 10.4. The van der Waals surface area contributed by atoms with Gasteiger partial charge in [0.25, 0.3) is 5.91 Å². The van der Waals surface area contributed by atoms with Crippen LogP contribution in [-0.4, -0.2) is 65.4 Å². The lowest BCUT2D eigenvalue weighted by atomic mass is 9.97. The Bertz CT molecular complexity index is 806. The van der Waals surface area contributed by atoms with E-state index in [9.17, 15) is 9.59 Å². The predicted molar refractivity (Wildman–Crippen MR) is 112 cm³/mol. The maximum atomic E-state index is 12.7. The van der Waals surface area contributed by atoms with E-state index in [2.05, 4.69) is 36.0 Å². The highest BCUT2D eigenvalue weighted by Gasteiger charge is 2.36. The van der Waals surface area contributed by atoms with E-state index in [1.165, 1.54) is 0 Å². The molecule has 0 saturated carbocycles. The van der Waals surface area contributed by atoms with Gasteiger partial charge in [-0.2, -0.15) is 0 Å². The summed E-state index contributed by atoms with van der Waals surface area (Å²) < 4.78 is 0. The standard InChI is InChI=1S/C22H32N4O2/c1-4-25(5-2)12-8-9-16(3)24-21(27)17-14-26(15-17)22(28)19-13-23-20-11-7-6-10-18(19)20/h6-7,10-11,13,16-17,23H,4-5,8-9,12,14-15H2,1-3H3,(H,24,27). The first kappa shape index (κ1) is 20.4. The van der Waals surface area contributed by atoms with Gasteiger partial charge in [0, 0.05) is 36.2 Å². The van der Waals surface area contributed by atoms with Gasteiger partial charge in [-0.3, -0.25) is 9.59 Å². The zero-order valence-corrected chi connectivity index (χ0v) is 17.2. The number of hydrogen-bond acceptors (Lipinski definition) is 3. The molecule has 0 radical (unpaired) electrons. The van der Waals surface area contributed by atoms with Crippen molar-refractivity contribution in [2.75, 3.05) is 32.7 Å². The summed E-state index contributed by atoms with van der Waals surface area (Å²) >= 11 is 0. The average Bonchev–Trinajstić information content (AvgIpc) is 3.08. The molecule has 1 aromatic heterocycles. The highest BCUT2D eigenvalue weighted by Crippen LogP contribution is 2.24. The molecule has 1 aliphatic rings. The van der Waals surface area contributed by atoms with Crippen LogP contribution in [0.5, 0.6) is 0 Å². The van der Waals surface area contributed by atoms with Crippen LogP contribution in [0.15, 0.2) is 30.5 Å². The molecule has 2 amide bonds. The number of carbonyl (C=O) groups is 2. The number of aromatic nitrogens is 1. The third-order valence-corrected chi connectivity index (χ3v) is 5.75. The van der Waals surface area contributed by atoms with Gasteiger partial charge in [0.1, 0.15) is 0 Å². The van der Waals surface area contributed by atoms with Gasteiger partial charge in [-0.15, -0.1) is 0 Å². The molecule has 6 nitrogen and oxygen atoms in total. The normalized spacial score (nSPS) is 15.6. The largest absolute Gasteiger partial charge is 0.360 e. The van der Waals surface area contributed by atoms with Crippen molar-refractivity contribution in [1.82, 2.24) is 20.1 Å². The van der Waals surface area contributed by atoms with Crippen molar-refractivity contribution in [3.05, 3.63) is 36.0 Å². The highest BCUT2D eigenvalue weighted by molar-refractivity contribution is 6.07. The molecule has 2 heterocycles. The third kappa shape index (κ3) is 4.55. The number of para-hydroxylation sites is 1. The smallest absolute Gasteiger partial charge is 0.256 e. The van der Waals surface area contributed by atoms with Gasteiger partial charge in [-0.1, -0.05) is 32.0 Å². The van der Waals surface area contributed by atoms with Crippen molar-refractivity contribution >= 4 is 22.7 Å². The van der Waals surface area contributed by atoms with Crippen molar-refractivity contribution in [3.63, 3.8) is 0 Å². The quantitative estimate of drug-likeness (QED) is 0.699. The Morgan fingerprint density at radius 2 is 1.96 bits per heavy atom. The molecule has 1 fully saturated rings. The van der Waals surface area contributed by atoms with Gasteiger partial charge in [0.05, 0.1) is 11.5 Å². The second kappa shape index (κ2) is 9.24. The van der Waals surface area contributed by atoms with Gasteiger partial charge < -0.3 is 20.1 Å². The highest BCUT2D eigenvalue weighted by atomic mass is 16.2. The van der Waals surface area contributed by atoms with E-state index >= 15 is 0 Å². The van der Waals surface area contributed by atoms with E-state index in [-0.39, 0.29) is 23.8 Å². The van der Waals surface area contributed by atoms with Crippen LogP contribution in [0.3, 0.4) is 0 Å². The molecule has 2 N–H and O–H groups in total. The SMILES string of the molecule is CCN(CC)CCCC(C)NC(=O)C1CN(C(=O)c2c[nH]c3ccccc23)C1. The fourth-order valence-electron chi connectivity index (χ4n) is 3.82. The number of nitrogens with zero attached hydrogens (tertiary/aromatic N) is 2. The summed E-state index contributed by atoms with van der Waals surface area (Å²) in [5.74, 6) is -0.0357. The van der Waals surface area contributed by atoms with E-state index < -0.39 is 0 Å². The summed E-state index contributed by atoms with van der Waals surface area (Å²) in [6.07, 6.45) is 3.82. The molecule has 0 aliphatic carbocycles. The predicted octanol–water partition coefficient (Wildman–Crippen LogP) is 2.87. The van der Waals surface area contributed by atoms with E-state index in [1.54, 1.807) is 11.1 Å². The van der Waals surface area contributed by atoms with Crippen molar-refractivity contribution in [1.29, 1.82) is 0 Å². The van der Waals surface area contributed by atoms with Crippen LogP contribution in [0, 0.1) is 5.92 Å². The second-order valence-electron chi connectivity index (χ2n) is 7.73. The molecule has 6 heteroatoms. The molecule has 0 spiro atoms. The number of nitrogens with one attached hydrogen (secondary N) is 2. The molecular formula is C22H32N4O2. The van der Waals surface area contributed by atoms with Gasteiger partial charge in [-0.05, 0) is 45.5 Å². The number of rotatable bonds is 9. The molecule has 1 aliphatic heterocycles. The van der Waals surface area contributed by atoms with Gasteiger partial charge in [0.2, 0.25) is 5.91 Å². The summed E-state index contributed by atoms with van der Waals surface area (Å²) in [7, 11) is 0. The number of amides is 2. The summed E-state index contributed by atoms with van der Waals surface area (Å²) in [4.78, 5) is 32.5. The van der Waals surface area contributed by atoms with Crippen molar-refractivity contribution in [2.24, 2.45) is 5.92 Å². The number of carbonyl (C=O) groups excluding carboxylic acids is 2. The fourth-order valence-corrected chi connectivity index (χ4v) is 3.82. The van der Waals surface area contributed by atoms with Crippen LogP contribution in [-0.2, 0) is 4.79 Å². The van der Waals surface area contributed by atoms with Crippen molar-refractivity contribution in [2.45, 2.75) is 39.7 Å². The summed E-state index contributed by atoms with van der Waals surface area (Å²) in [6, 6.07) is 7.95. The number of H-pyrrole nitrogens is 1. The minimum atomic E-state index is -0.0978. The average molecular weight is 385 g/mol. The lowest BCUT2D eigenvalue weighted by Gasteiger charge is -2.38. The van der Waals surface area contributed by atoms with Crippen molar-refractivity contribution in [3.8, 4) is 0 Å². The van der Waals surface area contributed by atoms with Gasteiger partial charge >= 0.3 is 0 Å². The summed E-state index contributed by atoms with van der Waals surface area (Å²) in [5, 5.41) is 4.05. The monoisotopic (exact) mass is 384 g/mol. The van der Waals surface area contributed by atoms with Crippen molar-refractivity contribution < 1.29 is 9.59 Å². The third-order valence-electron chi connectivity index (χ3n) is 5.75. The van der Waals surface area contributed by atoms with Crippen LogP contribution >= 0.6 is 0 Å². The molecule has 0 bridgehead atoms. The number of aromatic amines is 1. The lowest BCUT2D eigenvalue weighted by Crippen LogP contribution is -2.56. The van der Waals surface area contributed by atoms with E-state index in [0.717, 1.165) is 43.4 Å². The van der Waals surface area contributed by atoms with E-state index in [1.807, 2.05) is 24.3 Å². The van der Waals surface area contributed by atoms with Crippen LogP contribution in [0.4, 0.5) is 0 Å². The number of likely N-dealkylation sites (tertiary alicyclic amines) is 1. The lowest BCUT2D eigenvalue weighted by molar-refractivity contribution is -0.129. The Morgan fingerprint density at radius 3 is 2.68 bits per heavy atom. The first-order chi connectivity index (χ1) is 13.5. The molecule has 152 valence electrons. The zero-order valence-electron chi connectivity index (χ0n) is 17.2. The van der Waals surface area contributed by atoms with Crippen LogP contribution < -0.4 is 5.32 Å². The Kier molecular flexibility index (Phi) is 6.73. The topological polar surface area (TPSA) is 68.4 Å². The maximum absolute atomic E-state index is 12.7. The molecular weight excluding hydrogens is 352 g/mol. The molecule has 28 heavy (non-hydrogen) atoms. The number of hydrogen-bond donors (Lipinski definition) is 2. The fraction of sp³-hybridized carbons (Fsp3) is 0.545. The Morgan fingerprint density at radius 1 is 1.25 bits per heavy atom. The first-order valence-corrected chi connectivity index (χ1v) is 10.4. The number of fused-ring (bicyclic) bond motifs is 1. The Balaban J connectivity index is 1.43. The van der Waals surface area contributed by atoms with Gasteiger partial charge in [-0.25, -0.2) is 0 Å². The molecule has 1 saturated heterocycles. The molecule has 1 aromatic carbocycles. The van der Waals surface area contributed by atoms with Crippen LogP contribution in [0.1, 0.15) is 44.0 Å².